The van der Waals surface area contributed by atoms with Crippen molar-refractivity contribution in [3.05, 3.63) is 24.0 Å². The first-order valence-electron chi connectivity index (χ1n) is 4.80. The number of hydrogen-bond acceptors (Lipinski definition) is 2. The number of nitrogens with two attached hydrogens (primary N) is 1. The SMILES string of the molecule is CCC(N)CNC(=O)c1cccn1C. The minimum Gasteiger partial charge on any atom is -0.349 e. The fraction of sp³-hybridized carbons (Fsp3) is 0.500. The Morgan fingerprint density at radius 2 is 2.43 bits per heavy atom. The third-order valence-electron chi connectivity index (χ3n) is 2.23. The second kappa shape index (κ2) is 4.81. The Morgan fingerprint density at radius 3 is 2.93 bits per heavy atom. The lowest BCUT2D eigenvalue weighted by Gasteiger charge is -2.10. The Bertz CT molecular complexity index is 306. The van der Waals surface area contributed by atoms with Crippen molar-refractivity contribution >= 4 is 5.91 Å². The molecule has 3 N–H and O–H groups in total. The molecule has 1 aromatic heterocycles. The van der Waals surface area contributed by atoms with Crippen LogP contribution in [0.5, 0.6) is 0 Å². The van der Waals surface area contributed by atoms with Gasteiger partial charge in [-0.15, -0.1) is 0 Å². The van der Waals surface area contributed by atoms with Crippen LogP contribution in [-0.2, 0) is 7.05 Å². The van der Waals surface area contributed by atoms with E-state index in [1.165, 1.54) is 0 Å². The normalized spacial score (nSPS) is 12.5. The molecular weight excluding hydrogens is 178 g/mol. The summed E-state index contributed by atoms with van der Waals surface area (Å²) < 4.78 is 1.78. The van der Waals surface area contributed by atoms with Gasteiger partial charge < -0.3 is 15.6 Å². The third kappa shape index (κ3) is 2.60. The molecule has 0 fully saturated rings. The predicted octanol–water partition coefficient (Wildman–Crippen LogP) is 0.492. The molecule has 14 heavy (non-hydrogen) atoms. The van der Waals surface area contributed by atoms with E-state index < -0.39 is 0 Å². The van der Waals surface area contributed by atoms with E-state index in [1.54, 1.807) is 10.6 Å². The first-order chi connectivity index (χ1) is 6.65. The maximum atomic E-state index is 11.6. The predicted molar refractivity (Wildman–Crippen MR) is 56.0 cm³/mol. The molecule has 1 amide bonds. The zero-order chi connectivity index (χ0) is 10.6. The van der Waals surface area contributed by atoms with E-state index in [0.717, 1.165) is 6.42 Å². The van der Waals surface area contributed by atoms with Crippen molar-refractivity contribution < 1.29 is 4.79 Å². The fourth-order valence-corrected chi connectivity index (χ4v) is 1.16. The van der Waals surface area contributed by atoms with Crippen LogP contribution in [0.4, 0.5) is 0 Å². The Labute approximate surface area is 84.1 Å². The minimum atomic E-state index is -0.0681. The lowest BCUT2D eigenvalue weighted by atomic mass is 10.2. The maximum Gasteiger partial charge on any atom is 0.267 e. The summed E-state index contributed by atoms with van der Waals surface area (Å²) >= 11 is 0. The summed E-state index contributed by atoms with van der Waals surface area (Å²) in [5.41, 5.74) is 6.35. The molecule has 4 heteroatoms. The van der Waals surface area contributed by atoms with E-state index >= 15 is 0 Å². The number of carbonyl (C=O) groups is 1. The highest BCUT2D eigenvalue weighted by atomic mass is 16.1. The van der Waals surface area contributed by atoms with Crippen LogP contribution in [0.25, 0.3) is 0 Å². The van der Waals surface area contributed by atoms with Crippen LogP contribution in [0.1, 0.15) is 23.8 Å². The smallest absolute Gasteiger partial charge is 0.267 e. The van der Waals surface area contributed by atoms with Gasteiger partial charge in [-0.1, -0.05) is 6.92 Å². The maximum absolute atomic E-state index is 11.6. The molecule has 0 aliphatic rings. The average Bonchev–Trinajstić information content (AvgIpc) is 2.60. The largest absolute Gasteiger partial charge is 0.349 e. The number of nitrogens with zero attached hydrogens (tertiary/aromatic N) is 1. The highest BCUT2D eigenvalue weighted by Crippen LogP contribution is 1.98. The Hall–Kier alpha value is -1.29. The van der Waals surface area contributed by atoms with Crippen molar-refractivity contribution in [3.8, 4) is 0 Å². The van der Waals surface area contributed by atoms with Crippen LogP contribution < -0.4 is 11.1 Å². The second-order valence-electron chi connectivity index (χ2n) is 3.38. The van der Waals surface area contributed by atoms with Gasteiger partial charge in [-0.25, -0.2) is 0 Å². The highest BCUT2D eigenvalue weighted by molar-refractivity contribution is 5.92. The standard InChI is InChI=1S/C10H17N3O/c1-3-8(11)7-12-10(14)9-5-4-6-13(9)2/h4-6,8H,3,7,11H2,1-2H3,(H,12,14). The summed E-state index contributed by atoms with van der Waals surface area (Å²) in [6.45, 7) is 2.53. The van der Waals surface area contributed by atoms with E-state index in [9.17, 15) is 4.79 Å². The first kappa shape index (κ1) is 10.8. The van der Waals surface area contributed by atoms with Crippen molar-refractivity contribution in [2.24, 2.45) is 12.8 Å². The van der Waals surface area contributed by atoms with Crippen molar-refractivity contribution in [1.29, 1.82) is 0 Å². The van der Waals surface area contributed by atoms with E-state index in [0.29, 0.717) is 12.2 Å². The molecule has 0 aliphatic heterocycles. The number of nitrogens with one attached hydrogen (secondary N) is 1. The molecule has 1 atom stereocenters. The molecule has 0 saturated carbocycles. The van der Waals surface area contributed by atoms with Gasteiger partial charge in [-0.3, -0.25) is 4.79 Å². The summed E-state index contributed by atoms with van der Waals surface area (Å²) in [6.07, 6.45) is 2.71. The Kier molecular flexibility index (Phi) is 3.71. The molecule has 0 spiro atoms. The lowest BCUT2D eigenvalue weighted by Crippen LogP contribution is -2.37. The molecule has 78 valence electrons. The van der Waals surface area contributed by atoms with Crippen molar-refractivity contribution in [1.82, 2.24) is 9.88 Å². The second-order valence-corrected chi connectivity index (χ2v) is 3.38. The van der Waals surface area contributed by atoms with E-state index in [1.807, 2.05) is 26.2 Å². The minimum absolute atomic E-state index is 0.0409. The molecule has 0 bridgehead atoms. The number of carbonyl (C=O) groups excluding carboxylic acids is 1. The molecule has 0 saturated heterocycles. The summed E-state index contributed by atoms with van der Waals surface area (Å²) in [4.78, 5) is 11.6. The van der Waals surface area contributed by atoms with Crippen LogP contribution in [0, 0.1) is 0 Å². The molecule has 0 aromatic carbocycles. The summed E-state index contributed by atoms with van der Waals surface area (Å²) in [7, 11) is 1.84. The number of rotatable bonds is 4. The van der Waals surface area contributed by atoms with E-state index in [-0.39, 0.29) is 11.9 Å². The van der Waals surface area contributed by atoms with E-state index in [4.69, 9.17) is 5.73 Å². The monoisotopic (exact) mass is 195 g/mol. The molecular formula is C10H17N3O. The molecule has 1 aromatic rings. The van der Waals surface area contributed by atoms with Gasteiger partial charge in [0.15, 0.2) is 0 Å². The average molecular weight is 195 g/mol. The molecule has 0 radical (unpaired) electrons. The van der Waals surface area contributed by atoms with Gasteiger partial charge >= 0.3 is 0 Å². The van der Waals surface area contributed by atoms with Crippen LogP contribution >= 0.6 is 0 Å². The van der Waals surface area contributed by atoms with Gasteiger partial charge in [0.2, 0.25) is 0 Å². The van der Waals surface area contributed by atoms with Gasteiger partial charge in [0.1, 0.15) is 5.69 Å². The van der Waals surface area contributed by atoms with Gasteiger partial charge in [-0.2, -0.15) is 0 Å². The van der Waals surface area contributed by atoms with Crippen molar-refractivity contribution in [2.45, 2.75) is 19.4 Å². The molecule has 4 nitrogen and oxygen atoms in total. The van der Waals surface area contributed by atoms with E-state index in [2.05, 4.69) is 5.32 Å². The summed E-state index contributed by atoms with van der Waals surface area (Å²) in [5.74, 6) is -0.0681. The van der Waals surface area contributed by atoms with Crippen LogP contribution in [0.15, 0.2) is 18.3 Å². The quantitative estimate of drug-likeness (QED) is 0.734. The summed E-state index contributed by atoms with van der Waals surface area (Å²) in [6, 6.07) is 3.67. The number of aryl methyl sites for hydroxylation is 1. The van der Waals surface area contributed by atoms with Crippen molar-refractivity contribution in [3.63, 3.8) is 0 Å². The Balaban J connectivity index is 2.47. The highest BCUT2D eigenvalue weighted by Gasteiger charge is 2.08. The van der Waals surface area contributed by atoms with Gasteiger partial charge in [-0.05, 0) is 18.6 Å². The first-order valence-corrected chi connectivity index (χ1v) is 4.80. The van der Waals surface area contributed by atoms with Gasteiger partial charge in [0, 0.05) is 25.8 Å². The number of amides is 1. The molecule has 1 heterocycles. The topological polar surface area (TPSA) is 60.0 Å². The number of aromatic nitrogens is 1. The molecule has 1 rings (SSSR count). The third-order valence-corrected chi connectivity index (χ3v) is 2.23. The zero-order valence-corrected chi connectivity index (χ0v) is 8.66. The summed E-state index contributed by atoms with van der Waals surface area (Å²) in [5, 5.41) is 2.79. The molecule has 0 aliphatic carbocycles. The van der Waals surface area contributed by atoms with Crippen LogP contribution in [-0.4, -0.2) is 23.1 Å². The van der Waals surface area contributed by atoms with Crippen LogP contribution in [0.2, 0.25) is 0 Å². The fourth-order valence-electron chi connectivity index (χ4n) is 1.16. The van der Waals surface area contributed by atoms with Gasteiger partial charge in [0.05, 0.1) is 0 Å². The lowest BCUT2D eigenvalue weighted by molar-refractivity contribution is 0.0943. The molecule has 1 unspecified atom stereocenters. The van der Waals surface area contributed by atoms with Crippen LogP contribution in [0.3, 0.4) is 0 Å². The van der Waals surface area contributed by atoms with Gasteiger partial charge in [0.25, 0.3) is 5.91 Å². The zero-order valence-electron chi connectivity index (χ0n) is 8.66. The number of hydrogen-bond donors (Lipinski definition) is 2. The Morgan fingerprint density at radius 1 is 1.71 bits per heavy atom. The van der Waals surface area contributed by atoms with Crippen molar-refractivity contribution in [2.75, 3.05) is 6.54 Å².